The molecule has 0 amide bonds. The number of para-hydroxylation sites is 1. The number of nitrogens with two attached hydrogens (primary N) is 1. The molecule has 0 radical (unpaired) electrons. The fourth-order valence-electron chi connectivity index (χ4n) is 2.62. The zero-order valence-corrected chi connectivity index (χ0v) is 11.5. The van der Waals surface area contributed by atoms with Crippen LogP contribution in [0.5, 0.6) is 0 Å². The molecule has 1 aliphatic heterocycles. The van der Waals surface area contributed by atoms with Crippen LogP contribution in [0.2, 0.25) is 0 Å². The van der Waals surface area contributed by atoms with Gasteiger partial charge in [-0.05, 0) is 44.4 Å². The third-order valence-corrected chi connectivity index (χ3v) is 4.91. The van der Waals surface area contributed by atoms with Crippen LogP contribution in [0.4, 0.5) is 5.13 Å². The van der Waals surface area contributed by atoms with Crippen molar-refractivity contribution in [2.45, 2.75) is 25.8 Å². The molecule has 1 aromatic carbocycles. The molecule has 3 nitrogen and oxygen atoms in total. The minimum atomic E-state index is 0.577. The first kappa shape index (κ1) is 11.9. The Kier molecular flexibility index (Phi) is 3.22. The third-order valence-electron chi connectivity index (χ3n) is 3.84. The van der Waals surface area contributed by atoms with Crippen molar-refractivity contribution < 1.29 is 0 Å². The lowest BCUT2D eigenvalue weighted by atomic mass is 9.94. The molecule has 1 saturated heterocycles. The highest BCUT2D eigenvalue weighted by atomic mass is 32.1. The number of hydrogen-bond acceptors (Lipinski definition) is 4. The Bertz CT molecular complexity index is 504. The number of piperidine rings is 1. The van der Waals surface area contributed by atoms with Gasteiger partial charge < -0.3 is 10.6 Å². The van der Waals surface area contributed by atoms with E-state index in [0.717, 1.165) is 23.7 Å². The standard InChI is InChI=1S/C14H19N3S/c1-10-6-7-11(8-15)9-17(10)14-16-12-4-2-3-5-13(12)18-14/h2-5,10-11H,6-9,15H2,1H3. The fourth-order valence-corrected chi connectivity index (χ4v) is 3.70. The third kappa shape index (κ3) is 2.10. The quantitative estimate of drug-likeness (QED) is 0.904. The summed E-state index contributed by atoms with van der Waals surface area (Å²) < 4.78 is 1.27. The molecule has 3 rings (SSSR count). The van der Waals surface area contributed by atoms with E-state index in [4.69, 9.17) is 10.7 Å². The number of thiazole rings is 1. The normalized spacial score (nSPS) is 24.7. The van der Waals surface area contributed by atoms with Gasteiger partial charge in [0.1, 0.15) is 0 Å². The monoisotopic (exact) mass is 261 g/mol. The van der Waals surface area contributed by atoms with Gasteiger partial charge in [-0.25, -0.2) is 4.98 Å². The predicted octanol–water partition coefficient (Wildman–Crippen LogP) is 2.86. The zero-order chi connectivity index (χ0) is 12.5. The van der Waals surface area contributed by atoms with Crippen LogP contribution in [0.15, 0.2) is 24.3 Å². The van der Waals surface area contributed by atoms with Crippen molar-refractivity contribution in [2.75, 3.05) is 18.0 Å². The number of hydrogen-bond donors (Lipinski definition) is 1. The largest absolute Gasteiger partial charge is 0.345 e. The first-order chi connectivity index (χ1) is 8.78. The number of fused-ring (bicyclic) bond motifs is 1. The molecule has 2 unspecified atom stereocenters. The average molecular weight is 261 g/mol. The van der Waals surface area contributed by atoms with Gasteiger partial charge in [0, 0.05) is 12.6 Å². The van der Waals surface area contributed by atoms with E-state index in [9.17, 15) is 0 Å². The molecule has 18 heavy (non-hydrogen) atoms. The summed E-state index contributed by atoms with van der Waals surface area (Å²) in [5.41, 5.74) is 6.93. The maximum Gasteiger partial charge on any atom is 0.186 e. The first-order valence-corrected chi connectivity index (χ1v) is 7.42. The number of benzene rings is 1. The topological polar surface area (TPSA) is 42.1 Å². The Labute approximate surface area is 112 Å². The molecule has 2 N–H and O–H groups in total. The van der Waals surface area contributed by atoms with Gasteiger partial charge in [-0.3, -0.25) is 0 Å². The molecule has 4 heteroatoms. The molecule has 0 aliphatic carbocycles. The molecular formula is C14H19N3S. The van der Waals surface area contributed by atoms with Crippen molar-refractivity contribution in [1.82, 2.24) is 4.98 Å². The Morgan fingerprint density at radius 3 is 3.00 bits per heavy atom. The van der Waals surface area contributed by atoms with Crippen LogP contribution in [0.3, 0.4) is 0 Å². The highest BCUT2D eigenvalue weighted by molar-refractivity contribution is 7.22. The van der Waals surface area contributed by atoms with E-state index in [1.807, 2.05) is 6.07 Å². The molecule has 2 aromatic rings. The van der Waals surface area contributed by atoms with Gasteiger partial charge in [0.15, 0.2) is 5.13 Å². The highest BCUT2D eigenvalue weighted by Gasteiger charge is 2.26. The van der Waals surface area contributed by atoms with Crippen molar-refractivity contribution in [3.8, 4) is 0 Å². The minimum absolute atomic E-state index is 0.577. The number of rotatable bonds is 2. The lowest BCUT2D eigenvalue weighted by molar-refractivity contribution is 0.373. The Morgan fingerprint density at radius 2 is 2.22 bits per heavy atom. The zero-order valence-electron chi connectivity index (χ0n) is 10.7. The SMILES string of the molecule is CC1CCC(CN)CN1c1nc2ccccc2s1. The molecule has 96 valence electrons. The van der Waals surface area contributed by atoms with Crippen LogP contribution in [0, 0.1) is 5.92 Å². The Hall–Kier alpha value is -1.13. The summed E-state index contributed by atoms with van der Waals surface area (Å²) in [5.74, 6) is 0.619. The van der Waals surface area contributed by atoms with Crippen molar-refractivity contribution in [2.24, 2.45) is 11.7 Å². The molecule has 1 aromatic heterocycles. The van der Waals surface area contributed by atoms with E-state index in [1.165, 1.54) is 17.5 Å². The van der Waals surface area contributed by atoms with E-state index in [0.29, 0.717) is 12.0 Å². The maximum absolute atomic E-state index is 5.82. The number of anilines is 1. The molecule has 0 saturated carbocycles. The van der Waals surface area contributed by atoms with Gasteiger partial charge >= 0.3 is 0 Å². The van der Waals surface area contributed by atoms with Crippen LogP contribution in [0.25, 0.3) is 10.2 Å². The van der Waals surface area contributed by atoms with E-state index in [-0.39, 0.29) is 0 Å². The fraction of sp³-hybridized carbons (Fsp3) is 0.500. The van der Waals surface area contributed by atoms with Crippen LogP contribution in [-0.4, -0.2) is 24.1 Å². The van der Waals surface area contributed by atoms with E-state index < -0.39 is 0 Å². The van der Waals surface area contributed by atoms with E-state index >= 15 is 0 Å². The van der Waals surface area contributed by atoms with Crippen LogP contribution in [-0.2, 0) is 0 Å². The Balaban J connectivity index is 1.92. The summed E-state index contributed by atoms with van der Waals surface area (Å²) in [6.45, 7) is 4.13. The smallest absolute Gasteiger partial charge is 0.186 e. The molecule has 1 aliphatic rings. The average Bonchev–Trinajstić information content (AvgIpc) is 2.82. The van der Waals surface area contributed by atoms with Gasteiger partial charge in [-0.2, -0.15) is 0 Å². The van der Waals surface area contributed by atoms with Crippen molar-refractivity contribution in [1.29, 1.82) is 0 Å². The maximum atomic E-state index is 5.82. The molecule has 0 spiro atoms. The van der Waals surface area contributed by atoms with Crippen molar-refractivity contribution in [3.63, 3.8) is 0 Å². The summed E-state index contributed by atoms with van der Waals surface area (Å²) in [6, 6.07) is 8.93. The second kappa shape index (κ2) is 4.86. The van der Waals surface area contributed by atoms with Crippen molar-refractivity contribution >= 4 is 26.7 Å². The lowest BCUT2D eigenvalue weighted by Crippen LogP contribution is -2.43. The molecule has 2 heterocycles. The van der Waals surface area contributed by atoms with Gasteiger partial charge in [0.2, 0.25) is 0 Å². The predicted molar refractivity (Wildman–Crippen MR) is 78.2 cm³/mol. The molecule has 1 fully saturated rings. The lowest BCUT2D eigenvalue weighted by Gasteiger charge is -2.37. The van der Waals surface area contributed by atoms with Gasteiger partial charge in [0.25, 0.3) is 0 Å². The van der Waals surface area contributed by atoms with Gasteiger partial charge in [0.05, 0.1) is 10.2 Å². The summed E-state index contributed by atoms with van der Waals surface area (Å²) in [5, 5.41) is 1.15. The van der Waals surface area contributed by atoms with Crippen LogP contribution in [0.1, 0.15) is 19.8 Å². The second-order valence-electron chi connectivity index (χ2n) is 5.14. The molecular weight excluding hydrogens is 242 g/mol. The summed E-state index contributed by atoms with van der Waals surface area (Å²) >= 11 is 1.79. The molecule has 0 bridgehead atoms. The molecule has 2 atom stereocenters. The van der Waals surface area contributed by atoms with Crippen molar-refractivity contribution in [3.05, 3.63) is 24.3 Å². The van der Waals surface area contributed by atoms with Gasteiger partial charge in [-0.15, -0.1) is 0 Å². The second-order valence-corrected chi connectivity index (χ2v) is 6.15. The van der Waals surface area contributed by atoms with E-state index in [1.54, 1.807) is 11.3 Å². The number of aromatic nitrogens is 1. The Morgan fingerprint density at radius 1 is 1.39 bits per heavy atom. The minimum Gasteiger partial charge on any atom is -0.345 e. The van der Waals surface area contributed by atoms with E-state index in [2.05, 4.69) is 30.0 Å². The highest BCUT2D eigenvalue weighted by Crippen LogP contribution is 2.33. The summed E-state index contributed by atoms with van der Waals surface area (Å²) in [4.78, 5) is 7.20. The summed E-state index contributed by atoms with van der Waals surface area (Å²) in [6.07, 6.45) is 2.47. The summed E-state index contributed by atoms with van der Waals surface area (Å²) in [7, 11) is 0. The van der Waals surface area contributed by atoms with Gasteiger partial charge in [-0.1, -0.05) is 23.5 Å². The first-order valence-electron chi connectivity index (χ1n) is 6.60. The van der Waals surface area contributed by atoms with Crippen LogP contribution < -0.4 is 10.6 Å². The van der Waals surface area contributed by atoms with Crippen LogP contribution >= 0.6 is 11.3 Å². The number of nitrogens with zero attached hydrogens (tertiary/aromatic N) is 2.